The van der Waals surface area contributed by atoms with Crippen LogP contribution in [-0.4, -0.2) is 49.4 Å². The van der Waals surface area contributed by atoms with E-state index in [9.17, 15) is 22.0 Å². The Morgan fingerprint density at radius 1 is 1.43 bits per heavy atom. The van der Waals surface area contributed by atoms with Gasteiger partial charge in [-0.1, -0.05) is 13.8 Å². The van der Waals surface area contributed by atoms with Crippen molar-refractivity contribution < 1.29 is 27.1 Å². The number of nitrogens with one attached hydrogen (secondary N) is 1. The fourth-order valence-corrected chi connectivity index (χ4v) is 4.09. The molecule has 0 bridgehead atoms. The number of alkyl halides is 2. The maximum absolute atomic E-state index is 13.4. The molecule has 0 spiro atoms. The van der Waals surface area contributed by atoms with Gasteiger partial charge in [0, 0.05) is 31.0 Å². The van der Waals surface area contributed by atoms with Gasteiger partial charge in [0.2, 0.25) is 0 Å². The molecule has 0 radical (unpaired) electrons. The fourth-order valence-electron chi connectivity index (χ4n) is 2.78. The summed E-state index contributed by atoms with van der Waals surface area (Å²) in [5.74, 6) is -5.68. The number of rotatable bonds is 5. The lowest BCUT2D eigenvalue weighted by molar-refractivity contribution is -0.142. The number of halogens is 2. The quantitative estimate of drug-likeness (QED) is 0.786. The molecule has 21 heavy (non-hydrogen) atoms. The van der Waals surface area contributed by atoms with Gasteiger partial charge in [0.15, 0.2) is 0 Å². The van der Waals surface area contributed by atoms with Crippen molar-refractivity contribution in [2.75, 3.05) is 19.6 Å². The minimum absolute atomic E-state index is 0.116. The Balaban J connectivity index is 1.95. The van der Waals surface area contributed by atoms with Crippen LogP contribution in [0.4, 0.5) is 8.78 Å². The second-order valence-corrected chi connectivity index (χ2v) is 8.04. The lowest BCUT2D eigenvalue weighted by Gasteiger charge is -2.29. The average Bonchev–Trinajstić information content (AvgIpc) is 2.77. The van der Waals surface area contributed by atoms with Crippen LogP contribution in [-0.2, 0) is 15.0 Å². The molecule has 1 saturated heterocycles. The van der Waals surface area contributed by atoms with Gasteiger partial charge in [0.25, 0.3) is 16.1 Å². The summed E-state index contributed by atoms with van der Waals surface area (Å²) in [5, 5.41) is 8.95. The first-order valence-electron chi connectivity index (χ1n) is 6.85. The normalized spacial score (nSPS) is 31.8. The van der Waals surface area contributed by atoms with Crippen molar-refractivity contribution in [3.8, 4) is 0 Å². The number of hydrogen-bond donors (Lipinski definition) is 2. The lowest BCUT2D eigenvalue weighted by atomic mass is 10.0. The molecular weight excluding hydrogens is 306 g/mol. The predicted octanol–water partition coefficient (Wildman–Crippen LogP) is 0.909. The van der Waals surface area contributed by atoms with Crippen molar-refractivity contribution in [1.29, 1.82) is 0 Å². The minimum atomic E-state index is -3.92. The van der Waals surface area contributed by atoms with Gasteiger partial charge in [-0.3, -0.25) is 4.79 Å². The topological polar surface area (TPSA) is 86.7 Å². The molecule has 2 fully saturated rings. The van der Waals surface area contributed by atoms with Crippen LogP contribution >= 0.6 is 0 Å². The Kier molecular flexibility index (Phi) is 4.05. The number of aliphatic carboxylic acids is 1. The van der Waals surface area contributed by atoms with Crippen LogP contribution in [0.15, 0.2) is 0 Å². The Morgan fingerprint density at radius 2 is 2.00 bits per heavy atom. The van der Waals surface area contributed by atoms with E-state index in [2.05, 4.69) is 4.72 Å². The van der Waals surface area contributed by atoms with E-state index in [1.807, 2.05) is 0 Å². The van der Waals surface area contributed by atoms with Crippen molar-refractivity contribution in [3.05, 3.63) is 0 Å². The minimum Gasteiger partial charge on any atom is -0.481 e. The zero-order valence-corrected chi connectivity index (χ0v) is 12.8. The monoisotopic (exact) mass is 326 g/mol. The summed E-state index contributed by atoms with van der Waals surface area (Å²) in [6.07, 6.45) is 0.873. The Morgan fingerprint density at radius 3 is 2.48 bits per heavy atom. The van der Waals surface area contributed by atoms with Crippen molar-refractivity contribution in [1.82, 2.24) is 9.03 Å². The highest BCUT2D eigenvalue weighted by Gasteiger charge is 2.74. The average molecular weight is 326 g/mol. The molecule has 1 aliphatic carbocycles. The summed E-state index contributed by atoms with van der Waals surface area (Å²) in [6.45, 7) is 2.55. The van der Waals surface area contributed by atoms with Gasteiger partial charge in [-0.05, 0) is 12.8 Å². The third-order valence-corrected chi connectivity index (χ3v) is 6.17. The first kappa shape index (κ1) is 16.6. The second-order valence-electron chi connectivity index (χ2n) is 6.29. The van der Waals surface area contributed by atoms with Gasteiger partial charge in [0.1, 0.15) is 0 Å². The van der Waals surface area contributed by atoms with Crippen LogP contribution < -0.4 is 4.72 Å². The molecule has 9 heteroatoms. The second kappa shape index (κ2) is 5.13. The molecule has 2 rings (SSSR count). The molecule has 0 aromatic heterocycles. The van der Waals surface area contributed by atoms with Crippen LogP contribution in [0.25, 0.3) is 0 Å². The maximum atomic E-state index is 13.4. The standard InChI is InChI=1S/C12H20F2N2O4S/c1-11(2)9(12(11,13)14)6-15-21(19,20)16-5-3-4-8(7-16)10(17)18/h8-9,15H,3-7H2,1-2H3,(H,17,18). The molecule has 1 saturated carbocycles. The zero-order valence-electron chi connectivity index (χ0n) is 12.0. The molecule has 122 valence electrons. The molecule has 2 unspecified atom stereocenters. The van der Waals surface area contributed by atoms with E-state index in [1.54, 1.807) is 0 Å². The van der Waals surface area contributed by atoms with Crippen molar-refractivity contribution in [2.24, 2.45) is 17.3 Å². The van der Waals surface area contributed by atoms with E-state index in [-0.39, 0.29) is 19.6 Å². The number of hydrogen-bond acceptors (Lipinski definition) is 3. The highest BCUT2D eigenvalue weighted by Crippen LogP contribution is 2.65. The molecule has 6 nitrogen and oxygen atoms in total. The summed E-state index contributed by atoms with van der Waals surface area (Å²) in [5.41, 5.74) is -1.21. The number of carbonyl (C=O) groups is 1. The van der Waals surface area contributed by atoms with E-state index in [1.165, 1.54) is 13.8 Å². The van der Waals surface area contributed by atoms with Crippen LogP contribution in [0.5, 0.6) is 0 Å². The van der Waals surface area contributed by atoms with Gasteiger partial charge in [-0.15, -0.1) is 0 Å². The highest BCUT2D eigenvalue weighted by molar-refractivity contribution is 7.87. The molecule has 2 aliphatic rings. The Labute approximate surface area is 122 Å². The van der Waals surface area contributed by atoms with Gasteiger partial charge < -0.3 is 5.11 Å². The van der Waals surface area contributed by atoms with Crippen LogP contribution in [0.3, 0.4) is 0 Å². The smallest absolute Gasteiger partial charge is 0.307 e. The largest absolute Gasteiger partial charge is 0.481 e. The first-order valence-corrected chi connectivity index (χ1v) is 8.29. The van der Waals surface area contributed by atoms with Crippen LogP contribution in [0.1, 0.15) is 26.7 Å². The third-order valence-electron chi connectivity index (χ3n) is 4.63. The summed E-state index contributed by atoms with van der Waals surface area (Å²) in [6, 6.07) is 0. The molecule has 0 aromatic carbocycles. The lowest BCUT2D eigenvalue weighted by Crippen LogP contribution is -2.48. The van der Waals surface area contributed by atoms with Gasteiger partial charge in [-0.25, -0.2) is 13.5 Å². The summed E-state index contributed by atoms with van der Waals surface area (Å²) in [7, 11) is -3.92. The SMILES string of the molecule is CC1(C)C(CNS(=O)(=O)N2CCCC(C(=O)O)C2)C1(F)F. The molecule has 0 amide bonds. The third kappa shape index (κ3) is 2.91. The zero-order chi connectivity index (χ0) is 16.1. The van der Waals surface area contributed by atoms with Crippen molar-refractivity contribution in [2.45, 2.75) is 32.6 Å². The van der Waals surface area contributed by atoms with Gasteiger partial charge >= 0.3 is 5.97 Å². The molecule has 1 aliphatic heterocycles. The summed E-state index contributed by atoms with van der Waals surface area (Å²) < 4.78 is 54.3. The molecule has 2 atom stereocenters. The van der Waals surface area contributed by atoms with E-state index in [0.29, 0.717) is 12.8 Å². The fraction of sp³-hybridized carbons (Fsp3) is 0.917. The summed E-state index contributed by atoms with van der Waals surface area (Å²) in [4.78, 5) is 10.9. The number of nitrogens with zero attached hydrogens (tertiary/aromatic N) is 1. The van der Waals surface area contributed by atoms with E-state index < -0.39 is 39.4 Å². The Bertz CT molecular complexity index is 521. The number of piperidine rings is 1. The van der Waals surface area contributed by atoms with Gasteiger partial charge in [-0.2, -0.15) is 12.7 Å². The number of carboxylic acid groups (broad SMARTS) is 1. The first-order chi connectivity index (χ1) is 9.50. The Hall–Kier alpha value is -0.800. The molecule has 0 aromatic rings. The number of carboxylic acids is 1. The van der Waals surface area contributed by atoms with E-state index >= 15 is 0 Å². The van der Waals surface area contributed by atoms with Crippen molar-refractivity contribution in [3.63, 3.8) is 0 Å². The van der Waals surface area contributed by atoms with E-state index in [0.717, 1.165) is 4.31 Å². The molecule has 1 heterocycles. The molecular formula is C12H20F2N2O4S. The highest BCUT2D eigenvalue weighted by atomic mass is 32.2. The van der Waals surface area contributed by atoms with E-state index in [4.69, 9.17) is 5.11 Å². The summed E-state index contributed by atoms with van der Waals surface area (Å²) >= 11 is 0. The molecule has 2 N–H and O–H groups in total. The van der Waals surface area contributed by atoms with Gasteiger partial charge in [0.05, 0.1) is 5.92 Å². The van der Waals surface area contributed by atoms with Crippen LogP contribution in [0.2, 0.25) is 0 Å². The predicted molar refractivity (Wildman–Crippen MR) is 71.1 cm³/mol. The van der Waals surface area contributed by atoms with Crippen molar-refractivity contribution >= 4 is 16.2 Å². The van der Waals surface area contributed by atoms with Crippen LogP contribution in [0, 0.1) is 17.3 Å². The maximum Gasteiger partial charge on any atom is 0.307 e.